The third-order valence-electron chi connectivity index (χ3n) is 2.00. The van der Waals surface area contributed by atoms with Crippen LogP contribution in [0.3, 0.4) is 0 Å². The highest BCUT2D eigenvalue weighted by Gasteiger charge is 2.04. The molecule has 2 aromatic rings. The molecular weight excluding hydrogens is 166 g/mol. The second-order valence-corrected chi connectivity index (χ2v) is 2.87. The first-order chi connectivity index (χ1) is 6.33. The molecule has 0 bridgehead atoms. The summed E-state index contributed by atoms with van der Waals surface area (Å²) in [6.45, 7) is 1.29. The molecule has 0 aliphatic heterocycles. The number of phenols is 1. The molecule has 0 saturated carbocycles. The zero-order chi connectivity index (χ0) is 9.26. The standard InChI is InChI=1S/C9H11N3O/c10-4-5-12-6-11-9-7(12)2-1-3-8(9)13/h1-3,6,13H,4-5,10H2. The Balaban J connectivity index is 2.61. The predicted octanol–water partition coefficient (Wildman–Crippen LogP) is 0.701. The number of nitrogens with zero attached hydrogens (tertiary/aromatic N) is 2. The van der Waals surface area contributed by atoms with Gasteiger partial charge in [0.15, 0.2) is 0 Å². The smallest absolute Gasteiger partial charge is 0.143 e. The molecule has 13 heavy (non-hydrogen) atoms. The summed E-state index contributed by atoms with van der Waals surface area (Å²) in [4.78, 5) is 4.09. The summed E-state index contributed by atoms with van der Waals surface area (Å²) < 4.78 is 1.93. The van der Waals surface area contributed by atoms with Crippen LogP contribution in [0.4, 0.5) is 0 Å². The molecule has 1 aromatic carbocycles. The quantitative estimate of drug-likeness (QED) is 0.709. The molecule has 4 nitrogen and oxygen atoms in total. The molecule has 2 rings (SSSR count). The van der Waals surface area contributed by atoms with E-state index in [-0.39, 0.29) is 5.75 Å². The van der Waals surface area contributed by atoms with Gasteiger partial charge in [0.1, 0.15) is 11.3 Å². The van der Waals surface area contributed by atoms with Gasteiger partial charge < -0.3 is 15.4 Å². The Morgan fingerprint density at radius 2 is 2.31 bits per heavy atom. The van der Waals surface area contributed by atoms with E-state index in [9.17, 15) is 5.11 Å². The molecule has 4 heteroatoms. The lowest BCUT2D eigenvalue weighted by molar-refractivity contribution is 0.480. The van der Waals surface area contributed by atoms with Crippen molar-refractivity contribution in [2.24, 2.45) is 5.73 Å². The summed E-state index contributed by atoms with van der Waals surface area (Å²) in [5.74, 6) is 0.216. The van der Waals surface area contributed by atoms with Crippen molar-refractivity contribution in [3.63, 3.8) is 0 Å². The van der Waals surface area contributed by atoms with Crippen LogP contribution in [-0.2, 0) is 6.54 Å². The number of hydrogen-bond donors (Lipinski definition) is 2. The zero-order valence-corrected chi connectivity index (χ0v) is 7.14. The van der Waals surface area contributed by atoms with Gasteiger partial charge in [-0.3, -0.25) is 0 Å². The number of aromatic hydroxyl groups is 1. The van der Waals surface area contributed by atoms with Crippen molar-refractivity contribution in [3.05, 3.63) is 24.5 Å². The third kappa shape index (κ3) is 1.25. The van der Waals surface area contributed by atoms with E-state index in [1.54, 1.807) is 18.5 Å². The van der Waals surface area contributed by atoms with E-state index in [0.29, 0.717) is 12.1 Å². The van der Waals surface area contributed by atoms with Crippen molar-refractivity contribution < 1.29 is 5.11 Å². The van der Waals surface area contributed by atoms with Crippen molar-refractivity contribution in [2.75, 3.05) is 6.54 Å². The van der Waals surface area contributed by atoms with Crippen LogP contribution in [0.15, 0.2) is 24.5 Å². The third-order valence-corrected chi connectivity index (χ3v) is 2.00. The van der Waals surface area contributed by atoms with E-state index in [1.807, 2.05) is 10.6 Å². The van der Waals surface area contributed by atoms with Gasteiger partial charge in [0.25, 0.3) is 0 Å². The van der Waals surface area contributed by atoms with Crippen LogP contribution in [-0.4, -0.2) is 21.2 Å². The number of hydrogen-bond acceptors (Lipinski definition) is 3. The first-order valence-corrected chi connectivity index (χ1v) is 4.16. The number of phenolic OH excluding ortho intramolecular Hbond substituents is 1. The van der Waals surface area contributed by atoms with Crippen LogP contribution in [0.1, 0.15) is 0 Å². The van der Waals surface area contributed by atoms with E-state index in [0.717, 1.165) is 12.1 Å². The second kappa shape index (κ2) is 3.06. The molecule has 68 valence electrons. The minimum Gasteiger partial charge on any atom is -0.506 e. The Kier molecular flexibility index (Phi) is 1.90. The Morgan fingerprint density at radius 1 is 1.46 bits per heavy atom. The van der Waals surface area contributed by atoms with Crippen LogP contribution in [0.2, 0.25) is 0 Å². The van der Waals surface area contributed by atoms with Gasteiger partial charge in [0.05, 0.1) is 11.8 Å². The van der Waals surface area contributed by atoms with Crippen LogP contribution in [0, 0.1) is 0 Å². The predicted molar refractivity (Wildman–Crippen MR) is 50.5 cm³/mol. The number of rotatable bonds is 2. The lowest BCUT2D eigenvalue weighted by Gasteiger charge is -2.00. The lowest BCUT2D eigenvalue weighted by atomic mass is 10.3. The minimum atomic E-state index is 0.216. The highest BCUT2D eigenvalue weighted by Crippen LogP contribution is 2.21. The van der Waals surface area contributed by atoms with Crippen LogP contribution in [0.5, 0.6) is 5.75 Å². The summed E-state index contributed by atoms with van der Waals surface area (Å²) >= 11 is 0. The molecule has 0 aliphatic carbocycles. The zero-order valence-electron chi connectivity index (χ0n) is 7.14. The number of imidazole rings is 1. The number of aromatic nitrogens is 2. The summed E-state index contributed by atoms with van der Waals surface area (Å²) in [5, 5.41) is 9.45. The average molecular weight is 177 g/mol. The first kappa shape index (κ1) is 8.07. The molecule has 0 radical (unpaired) electrons. The topological polar surface area (TPSA) is 64.1 Å². The van der Waals surface area contributed by atoms with Crippen molar-refractivity contribution in [2.45, 2.75) is 6.54 Å². The van der Waals surface area contributed by atoms with Crippen molar-refractivity contribution in [1.82, 2.24) is 9.55 Å². The fourth-order valence-electron chi connectivity index (χ4n) is 1.39. The number of fused-ring (bicyclic) bond motifs is 1. The van der Waals surface area contributed by atoms with E-state index in [2.05, 4.69) is 4.98 Å². The monoisotopic (exact) mass is 177 g/mol. The SMILES string of the molecule is NCCn1cnc2c(O)cccc21. The van der Waals surface area contributed by atoms with E-state index in [4.69, 9.17) is 5.73 Å². The van der Waals surface area contributed by atoms with Gasteiger partial charge in [0.2, 0.25) is 0 Å². The van der Waals surface area contributed by atoms with Gasteiger partial charge in [-0.2, -0.15) is 0 Å². The van der Waals surface area contributed by atoms with Gasteiger partial charge in [0, 0.05) is 13.1 Å². The van der Waals surface area contributed by atoms with Crippen LogP contribution in [0.25, 0.3) is 11.0 Å². The van der Waals surface area contributed by atoms with Gasteiger partial charge in [-0.1, -0.05) is 6.07 Å². The molecule has 0 amide bonds. The molecule has 1 heterocycles. The molecule has 3 N–H and O–H groups in total. The van der Waals surface area contributed by atoms with Crippen molar-refractivity contribution in [1.29, 1.82) is 0 Å². The van der Waals surface area contributed by atoms with Crippen molar-refractivity contribution in [3.8, 4) is 5.75 Å². The number of para-hydroxylation sites is 1. The number of benzene rings is 1. The first-order valence-electron chi connectivity index (χ1n) is 4.16. The largest absolute Gasteiger partial charge is 0.506 e. The van der Waals surface area contributed by atoms with E-state index >= 15 is 0 Å². The second-order valence-electron chi connectivity index (χ2n) is 2.87. The molecule has 0 saturated heterocycles. The average Bonchev–Trinajstić information content (AvgIpc) is 2.51. The normalized spacial score (nSPS) is 10.8. The van der Waals surface area contributed by atoms with Gasteiger partial charge >= 0.3 is 0 Å². The molecule has 0 atom stereocenters. The van der Waals surface area contributed by atoms with Gasteiger partial charge in [-0.15, -0.1) is 0 Å². The minimum absolute atomic E-state index is 0.216. The fraction of sp³-hybridized carbons (Fsp3) is 0.222. The molecule has 1 aromatic heterocycles. The fourth-order valence-corrected chi connectivity index (χ4v) is 1.39. The van der Waals surface area contributed by atoms with Gasteiger partial charge in [-0.25, -0.2) is 4.98 Å². The van der Waals surface area contributed by atoms with E-state index in [1.165, 1.54) is 0 Å². The molecule has 0 unspecified atom stereocenters. The Bertz CT molecular complexity index is 422. The van der Waals surface area contributed by atoms with Crippen LogP contribution >= 0.6 is 0 Å². The lowest BCUT2D eigenvalue weighted by Crippen LogP contribution is -2.08. The highest BCUT2D eigenvalue weighted by atomic mass is 16.3. The highest BCUT2D eigenvalue weighted by molar-refractivity contribution is 5.81. The summed E-state index contributed by atoms with van der Waals surface area (Å²) in [7, 11) is 0. The maximum Gasteiger partial charge on any atom is 0.143 e. The summed E-state index contributed by atoms with van der Waals surface area (Å²) in [6.07, 6.45) is 1.69. The van der Waals surface area contributed by atoms with Crippen molar-refractivity contribution >= 4 is 11.0 Å². The van der Waals surface area contributed by atoms with Gasteiger partial charge in [-0.05, 0) is 12.1 Å². The maximum atomic E-state index is 9.45. The Labute approximate surface area is 75.6 Å². The Morgan fingerprint density at radius 3 is 3.08 bits per heavy atom. The summed E-state index contributed by atoms with van der Waals surface area (Å²) in [5.41, 5.74) is 6.99. The Hall–Kier alpha value is -1.55. The van der Waals surface area contributed by atoms with E-state index < -0.39 is 0 Å². The maximum absolute atomic E-state index is 9.45. The summed E-state index contributed by atoms with van der Waals surface area (Å²) in [6, 6.07) is 5.34. The molecule has 0 spiro atoms. The molecular formula is C9H11N3O. The molecule has 0 fully saturated rings. The van der Waals surface area contributed by atoms with Crippen LogP contribution < -0.4 is 5.73 Å². The molecule has 0 aliphatic rings. The number of nitrogens with two attached hydrogens (primary N) is 1.